The lowest BCUT2D eigenvalue weighted by Gasteiger charge is -2.29. The highest BCUT2D eigenvalue weighted by atomic mass is 31.2. The molecule has 9 heteroatoms. The first-order valence-electron chi connectivity index (χ1n) is 30.7. The van der Waals surface area contributed by atoms with Crippen molar-refractivity contribution in [2.75, 3.05) is 40.9 Å². The third-order valence-corrected chi connectivity index (χ3v) is 14.6. The fourth-order valence-electron chi connectivity index (χ4n) is 8.86. The van der Waals surface area contributed by atoms with E-state index >= 15 is 0 Å². The van der Waals surface area contributed by atoms with Crippen LogP contribution in [0.2, 0.25) is 0 Å². The number of carbonyl (C=O) groups excluding carboxylic acids is 1. The molecule has 422 valence electrons. The first kappa shape index (κ1) is 70.2. The zero-order valence-corrected chi connectivity index (χ0v) is 49.0. The van der Waals surface area contributed by atoms with Crippen LogP contribution < -0.4 is 10.2 Å². The van der Waals surface area contributed by atoms with E-state index in [9.17, 15) is 19.4 Å². The zero-order valence-electron chi connectivity index (χ0n) is 48.1. The molecule has 0 aromatic rings. The molecule has 0 spiro atoms. The summed E-state index contributed by atoms with van der Waals surface area (Å²) >= 11 is 0. The normalized spacial score (nSPS) is 14.3. The number of quaternary nitrogens is 1. The van der Waals surface area contributed by atoms with E-state index in [2.05, 4.69) is 67.8 Å². The Kier molecular flexibility index (Phi) is 52.7. The molecule has 0 aromatic carbocycles. The number of amides is 1. The van der Waals surface area contributed by atoms with Gasteiger partial charge < -0.3 is 28.8 Å². The van der Waals surface area contributed by atoms with Crippen LogP contribution in [0.25, 0.3) is 0 Å². The number of unbranched alkanes of at least 4 members (excludes halogenated alkanes) is 35. The molecular formula is C63H119N2O6P. The quantitative estimate of drug-likeness (QED) is 0.0272. The molecule has 0 aliphatic rings. The molecule has 72 heavy (non-hydrogen) atoms. The van der Waals surface area contributed by atoms with Gasteiger partial charge in [0.05, 0.1) is 39.9 Å². The van der Waals surface area contributed by atoms with Crippen LogP contribution in [0.1, 0.15) is 284 Å². The minimum atomic E-state index is -4.61. The molecule has 0 rings (SSSR count). The second-order valence-corrected chi connectivity index (χ2v) is 23.4. The molecule has 0 aliphatic carbocycles. The zero-order chi connectivity index (χ0) is 52.7. The van der Waals surface area contributed by atoms with Crippen LogP contribution in [0.3, 0.4) is 0 Å². The molecule has 8 nitrogen and oxygen atoms in total. The Labute approximate surface area is 447 Å². The van der Waals surface area contributed by atoms with Gasteiger partial charge in [-0.05, 0) is 77.0 Å². The Balaban J connectivity index is 4.22. The van der Waals surface area contributed by atoms with Crippen molar-refractivity contribution < 1.29 is 32.9 Å². The Morgan fingerprint density at radius 2 is 0.819 bits per heavy atom. The summed E-state index contributed by atoms with van der Waals surface area (Å²) < 4.78 is 23.4. The number of phosphoric ester groups is 1. The smallest absolute Gasteiger partial charge is 0.268 e. The number of hydrogen-bond acceptors (Lipinski definition) is 6. The summed E-state index contributed by atoms with van der Waals surface area (Å²) in [5, 5.41) is 13.9. The molecule has 0 saturated heterocycles. The second kappa shape index (κ2) is 54.0. The summed E-state index contributed by atoms with van der Waals surface area (Å²) in [4.78, 5) is 25.5. The third kappa shape index (κ3) is 55.9. The predicted molar refractivity (Wildman–Crippen MR) is 311 cm³/mol. The summed E-state index contributed by atoms with van der Waals surface area (Å²) in [6.07, 6.45) is 73.1. The number of nitrogens with zero attached hydrogens (tertiary/aromatic N) is 1. The maximum Gasteiger partial charge on any atom is 0.268 e. The Hall–Kier alpha value is -1.80. The minimum absolute atomic E-state index is 0.00981. The highest BCUT2D eigenvalue weighted by Crippen LogP contribution is 2.38. The van der Waals surface area contributed by atoms with Crippen LogP contribution in [-0.2, 0) is 18.4 Å². The molecule has 0 bridgehead atoms. The van der Waals surface area contributed by atoms with E-state index in [1.165, 1.54) is 212 Å². The number of aliphatic hydroxyl groups excluding tert-OH is 1. The Morgan fingerprint density at radius 1 is 0.486 bits per heavy atom. The van der Waals surface area contributed by atoms with Crippen molar-refractivity contribution in [1.82, 2.24) is 5.32 Å². The Bertz CT molecular complexity index is 1360. The number of hydrogen-bond donors (Lipinski definition) is 2. The van der Waals surface area contributed by atoms with E-state index < -0.39 is 26.6 Å². The molecule has 0 radical (unpaired) electrons. The summed E-state index contributed by atoms with van der Waals surface area (Å²) in [5.74, 6) is -0.210. The van der Waals surface area contributed by atoms with Crippen molar-refractivity contribution in [2.45, 2.75) is 296 Å². The van der Waals surface area contributed by atoms with Crippen molar-refractivity contribution in [3.63, 3.8) is 0 Å². The first-order valence-corrected chi connectivity index (χ1v) is 32.1. The molecule has 0 heterocycles. The van der Waals surface area contributed by atoms with Crippen LogP contribution in [0, 0.1) is 0 Å². The monoisotopic (exact) mass is 1030 g/mol. The number of likely N-dealkylation sites (N-methyl/N-ethyl adjacent to an activating group) is 1. The highest BCUT2D eigenvalue weighted by Gasteiger charge is 2.23. The SMILES string of the molecule is CCCCCCC/C=C\C/C=C\CCCCCCCCCCCCCCCCCC(=O)NC(COP(=O)([O-])OCC[N+](C)(C)C)C(O)/C=C/CC/C=C/CC/C=C/CCCCCCCCCCCCCCC. The first-order chi connectivity index (χ1) is 35.0. The summed E-state index contributed by atoms with van der Waals surface area (Å²) in [7, 11) is 1.24. The summed E-state index contributed by atoms with van der Waals surface area (Å²) in [6, 6.07) is -0.912. The molecule has 3 atom stereocenters. The van der Waals surface area contributed by atoms with Crippen LogP contribution in [0.15, 0.2) is 60.8 Å². The largest absolute Gasteiger partial charge is 0.756 e. The highest BCUT2D eigenvalue weighted by molar-refractivity contribution is 7.45. The van der Waals surface area contributed by atoms with Crippen LogP contribution in [0.5, 0.6) is 0 Å². The maximum atomic E-state index is 13.0. The van der Waals surface area contributed by atoms with E-state index in [1.807, 2.05) is 27.2 Å². The van der Waals surface area contributed by atoms with E-state index in [4.69, 9.17) is 9.05 Å². The average molecular weight is 1030 g/mol. The summed E-state index contributed by atoms with van der Waals surface area (Å²) in [5.41, 5.74) is 0. The second-order valence-electron chi connectivity index (χ2n) is 22.0. The Morgan fingerprint density at radius 3 is 1.21 bits per heavy atom. The number of phosphoric acid groups is 1. The van der Waals surface area contributed by atoms with E-state index in [0.29, 0.717) is 17.4 Å². The van der Waals surface area contributed by atoms with Crippen LogP contribution >= 0.6 is 7.82 Å². The van der Waals surface area contributed by atoms with Crippen LogP contribution in [0.4, 0.5) is 0 Å². The van der Waals surface area contributed by atoms with Crippen molar-refractivity contribution in [3.05, 3.63) is 60.8 Å². The lowest BCUT2D eigenvalue weighted by Crippen LogP contribution is -2.45. The molecular weight excluding hydrogens is 912 g/mol. The molecule has 0 saturated carbocycles. The van der Waals surface area contributed by atoms with Gasteiger partial charge in [-0.3, -0.25) is 9.36 Å². The molecule has 0 fully saturated rings. The third-order valence-electron chi connectivity index (χ3n) is 13.7. The molecule has 0 aliphatic heterocycles. The minimum Gasteiger partial charge on any atom is -0.756 e. The number of allylic oxidation sites excluding steroid dienone is 9. The predicted octanol–water partition coefficient (Wildman–Crippen LogP) is 18.2. The topological polar surface area (TPSA) is 108 Å². The molecule has 0 aromatic heterocycles. The van der Waals surface area contributed by atoms with Crippen LogP contribution in [-0.4, -0.2) is 68.5 Å². The maximum absolute atomic E-state index is 13.0. The van der Waals surface area contributed by atoms with Gasteiger partial charge >= 0.3 is 0 Å². The van der Waals surface area contributed by atoms with Gasteiger partial charge in [0.1, 0.15) is 13.2 Å². The fourth-order valence-corrected chi connectivity index (χ4v) is 9.59. The molecule has 2 N–H and O–H groups in total. The van der Waals surface area contributed by atoms with E-state index in [-0.39, 0.29) is 12.5 Å². The van der Waals surface area contributed by atoms with E-state index in [1.54, 1.807) is 6.08 Å². The summed E-state index contributed by atoms with van der Waals surface area (Å²) in [6.45, 7) is 4.64. The van der Waals surface area contributed by atoms with Crippen molar-refractivity contribution in [1.29, 1.82) is 0 Å². The lowest BCUT2D eigenvalue weighted by atomic mass is 10.0. The van der Waals surface area contributed by atoms with Crippen molar-refractivity contribution in [3.8, 4) is 0 Å². The van der Waals surface area contributed by atoms with Crippen molar-refractivity contribution in [2.24, 2.45) is 0 Å². The van der Waals surface area contributed by atoms with Gasteiger partial charge in [-0.1, -0.05) is 261 Å². The lowest BCUT2D eigenvalue weighted by molar-refractivity contribution is -0.870. The van der Waals surface area contributed by atoms with Gasteiger partial charge in [0, 0.05) is 6.42 Å². The molecule has 3 unspecified atom stereocenters. The van der Waals surface area contributed by atoms with Gasteiger partial charge in [-0.25, -0.2) is 0 Å². The van der Waals surface area contributed by atoms with Gasteiger partial charge in [-0.15, -0.1) is 0 Å². The number of aliphatic hydroxyl groups is 1. The number of nitrogens with one attached hydrogen (secondary N) is 1. The van der Waals surface area contributed by atoms with Gasteiger partial charge in [0.25, 0.3) is 7.82 Å². The number of rotatable bonds is 56. The van der Waals surface area contributed by atoms with E-state index in [0.717, 1.165) is 51.4 Å². The van der Waals surface area contributed by atoms with Gasteiger partial charge in [0.15, 0.2) is 0 Å². The van der Waals surface area contributed by atoms with Crippen molar-refractivity contribution >= 4 is 13.7 Å². The average Bonchev–Trinajstić information content (AvgIpc) is 3.34. The standard InChI is InChI=1S/C63H119N2O6P/c1-6-8-10-12-14-16-18-20-22-24-26-28-30-31-32-33-35-37-39-41-43-45-47-49-51-53-55-57-63(67)64-61(60-71-72(68,69)70-59-58-65(3,4)5)62(66)56-54-52-50-48-46-44-42-40-38-36-34-29-27-25-23-21-19-17-15-13-11-9-7-2/h18,20,24,26,38,40,46,48,54,56,61-62,66H,6-17,19,21-23,25,27-37,39,41-45,47,49-53,55,57-60H2,1-5H3,(H-,64,67,68,69)/b20-18-,26-24-,40-38+,48-46+,56-54+. The molecule has 1 amide bonds. The van der Waals surface area contributed by atoms with Gasteiger partial charge in [0.2, 0.25) is 5.91 Å². The fraction of sp³-hybridized carbons (Fsp3) is 0.825. The number of carbonyl (C=O) groups is 1. The van der Waals surface area contributed by atoms with Gasteiger partial charge in [-0.2, -0.15) is 0 Å².